The van der Waals surface area contributed by atoms with Gasteiger partial charge in [-0.3, -0.25) is 14.4 Å². The first kappa shape index (κ1) is 27.9. The number of ether oxygens (including phenoxy) is 2. The lowest BCUT2D eigenvalue weighted by Gasteiger charge is -2.40. The van der Waals surface area contributed by atoms with Crippen LogP contribution in [-0.2, 0) is 23.9 Å². The van der Waals surface area contributed by atoms with Crippen molar-refractivity contribution < 1.29 is 29.0 Å². The number of halogens is 1. The first-order valence-electron chi connectivity index (χ1n) is 13.8. The number of hydrogen-bond donors (Lipinski definition) is 1. The molecule has 4 heterocycles. The number of amides is 2. The second-order valence-corrected chi connectivity index (χ2v) is 12.1. The van der Waals surface area contributed by atoms with Crippen LogP contribution in [0.2, 0.25) is 5.02 Å². The molecule has 0 aliphatic carbocycles. The Morgan fingerprint density at radius 2 is 1.90 bits per heavy atom. The summed E-state index contributed by atoms with van der Waals surface area (Å²) in [4.78, 5) is 45.7. The molecule has 0 aromatic heterocycles. The molecule has 1 aromatic carbocycles. The molecule has 1 aromatic rings. The predicted octanol–water partition coefficient (Wildman–Crippen LogP) is 3.82. The summed E-state index contributed by atoms with van der Waals surface area (Å²) in [6, 6.07) is 3.70. The fraction of sp³-hybridized carbons (Fsp3) is 0.567. The summed E-state index contributed by atoms with van der Waals surface area (Å²) in [5, 5.41) is 10.9. The minimum atomic E-state index is -1.43. The van der Waals surface area contributed by atoms with Gasteiger partial charge < -0.3 is 24.4 Å². The van der Waals surface area contributed by atoms with Gasteiger partial charge in [-0.2, -0.15) is 0 Å². The van der Waals surface area contributed by atoms with Gasteiger partial charge in [-0.1, -0.05) is 61.9 Å². The third-order valence-corrected chi connectivity index (χ3v) is 8.80. The number of hydrogen-bond acceptors (Lipinski definition) is 6. The third-order valence-electron chi connectivity index (χ3n) is 8.49. The molecule has 5 rings (SSSR count). The molecule has 2 amide bonds. The summed E-state index contributed by atoms with van der Waals surface area (Å²) in [7, 11) is 0. The Bertz CT molecular complexity index is 1210. The molecular formula is C30H37ClN2O6. The average molecular weight is 557 g/mol. The largest absolute Gasteiger partial charge is 0.465 e. The van der Waals surface area contributed by atoms with Crippen molar-refractivity contribution in [3.05, 3.63) is 53.1 Å². The lowest BCUT2D eigenvalue weighted by molar-refractivity contribution is -0.159. The van der Waals surface area contributed by atoms with Gasteiger partial charge in [-0.25, -0.2) is 0 Å². The smallest absolute Gasteiger partial charge is 0.313 e. The second-order valence-electron chi connectivity index (χ2n) is 11.7. The molecule has 1 N–H and O–H groups in total. The monoisotopic (exact) mass is 556 g/mol. The lowest BCUT2D eigenvalue weighted by atomic mass is 9.74. The zero-order chi connectivity index (χ0) is 28.1. The highest BCUT2D eigenvalue weighted by atomic mass is 35.5. The highest BCUT2D eigenvalue weighted by Crippen LogP contribution is 2.58. The summed E-state index contributed by atoms with van der Waals surface area (Å²) in [6.45, 7) is 7.82. The van der Waals surface area contributed by atoms with Crippen LogP contribution in [-0.4, -0.2) is 70.8 Å². The van der Waals surface area contributed by atoms with Gasteiger partial charge in [0.15, 0.2) is 0 Å². The molecule has 6 atom stereocenters. The van der Waals surface area contributed by atoms with E-state index in [1.807, 2.05) is 51.1 Å². The molecule has 39 heavy (non-hydrogen) atoms. The van der Waals surface area contributed by atoms with Gasteiger partial charge in [0.2, 0.25) is 5.91 Å². The van der Waals surface area contributed by atoms with Crippen LogP contribution in [0.5, 0.6) is 0 Å². The highest BCUT2D eigenvalue weighted by molar-refractivity contribution is 6.34. The van der Waals surface area contributed by atoms with Crippen molar-refractivity contribution in [3.63, 3.8) is 0 Å². The van der Waals surface area contributed by atoms with E-state index in [0.717, 1.165) is 5.56 Å². The van der Waals surface area contributed by atoms with Gasteiger partial charge in [0.05, 0.1) is 41.5 Å². The molecule has 9 heteroatoms. The topological polar surface area (TPSA) is 96.4 Å². The van der Waals surface area contributed by atoms with E-state index >= 15 is 0 Å². The Morgan fingerprint density at radius 1 is 1.13 bits per heavy atom. The van der Waals surface area contributed by atoms with Crippen molar-refractivity contribution in [2.24, 2.45) is 17.8 Å². The number of nitrogens with zero attached hydrogens (tertiary/aromatic N) is 2. The molecule has 2 saturated heterocycles. The number of anilines is 1. The molecule has 0 bridgehead atoms. The Hall–Kier alpha value is -2.68. The van der Waals surface area contributed by atoms with E-state index in [9.17, 15) is 19.5 Å². The number of rotatable bonds is 5. The molecular weight excluding hydrogens is 520 g/mol. The minimum absolute atomic E-state index is 0.147. The van der Waals surface area contributed by atoms with Crippen LogP contribution in [0.3, 0.4) is 0 Å². The molecule has 2 fully saturated rings. The Labute approximate surface area is 234 Å². The van der Waals surface area contributed by atoms with Crippen LogP contribution in [0.1, 0.15) is 45.6 Å². The highest BCUT2D eigenvalue weighted by Gasteiger charge is 2.75. The number of aliphatic hydroxyl groups is 1. The third kappa shape index (κ3) is 4.41. The molecule has 0 saturated carbocycles. The van der Waals surface area contributed by atoms with E-state index < -0.39 is 41.1 Å². The lowest BCUT2D eigenvalue weighted by Crippen LogP contribution is -2.59. The Morgan fingerprint density at radius 3 is 2.59 bits per heavy atom. The molecule has 0 radical (unpaired) electrons. The molecule has 1 unspecified atom stereocenters. The number of para-hydroxylation sites is 1. The first-order valence-corrected chi connectivity index (χ1v) is 14.1. The maximum atomic E-state index is 14.7. The van der Waals surface area contributed by atoms with Crippen LogP contribution in [0.25, 0.3) is 0 Å². The number of aliphatic hydroxyl groups excluding tert-OH is 1. The number of esters is 1. The van der Waals surface area contributed by atoms with Gasteiger partial charge >= 0.3 is 5.97 Å². The van der Waals surface area contributed by atoms with E-state index in [4.69, 9.17) is 21.1 Å². The van der Waals surface area contributed by atoms with Crippen LogP contribution in [0.4, 0.5) is 5.69 Å². The second kappa shape index (κ2) is 10.4. The van der Waals surface area contributed by atoms with E-state index in [-0.39, 0.29) is 37.5 Å². The Balaban J connectivity index is 1.70. The fourth-order valence-electron chi connectivity index (χ4n) is 6.95. The zero-order valence-corrected chi connectivity index (χ0v) is 23.7. The van der Waals surface area contributed by atoms with E-state index in [0.29, 0.717) is 30.0 Å². The van der Waals surface area contributed by atoms with Crippen molar-refractivity contribution in [2.45, 2.75) is 70.2 Å². The molecule has 1 spiro atoms. The zero-order valence-electron chi connectivity index (χ0n) is 22.9. The van der Waals surface area contributed by atoms with Crippen LogP contribution < -0.4 is 4.90 Å². The molecule has 4 aliphatic heterocycles. The fourth-order valence-corrected chi connectivity index (χ4v) is 7.28. The average Bonchev–Trinajstić information content (AvgIpc) is 3.23. The van der Waals surface area contributed by atoms with Gasteiger partial charge in [0.25, 0.3) is 5.91 Å². The maximum Gasteiger partial charge on any atom is 0.313 e. The number of allylic oxidation sites excluding steroid dienone is 1. The summed E-state index contributed by atoms with van der Waals surface area (Å²) >= 11 is 6.61. The predicted molar refractivity (Wildman–Crippen MR) is 147 cm³/mol. The van der Waals surface area contributed by atoms with Crippen LogP contribution >= 0.6 is 11.6 Å². The maximum absolute atomic E-state index is 14.7. The number of fused-ring (bicyclic) bond motifs is 2. The van der Waals surface area contributed by atoms with Crippen molar-refractivity contribution in [1.82, 2.24) is 4.90 Å². The number of cyclic esters (lactones) is 1. The van der Waals surface area contributed by atoms with E-state index in [2.05, 4.69) is 0 Å². The number of carbonyl (C=O) groups excluding carboxylic acids is 3. The summed E-state index contributed by atoms with van der Waals surface area (Å²) < 4.78 is 12.5. The SMILES string of the molecule is Cc1cccc(Cl)c1N1CC=C[C@]23O[C@@]4(C)/C=C\CCCOC(=O)[C@H]4[C@H]2C(=O)N([C@@H](CO)CC(C)C)C3C1=O. The first-order chi connectivity index (χ1) is 18.6. The normalized spacial score (nSPS) is 34.0. The van der Waals surface area contributed by atoms with Gasteiger partial charge in [0, 0.05) is 6.54 Å². The van der Waals surface area contributed by atoms with Gasteiger partial charge in [0.1, 0.15) is 17.6 Å². The van der Waals surface area contributed by atoms with E-state index in [1.165, 1.54) is 4.90 Å². The van der Waals surface area contributed by atoms with Crippen LogP contribution in [0.15, 0.2) is 42.5 Å². The Kier molecular flexibility index (Phi) is 7.42. The van der Waals surface area contributed by atoms with E-state index in [1.54, 1.807) is 24.0 Å². The number of likely N-dealkylation sites (tertiary alicyclic amines) is 1. The van der Waals surface area contributed by atoms with Crippen molar-refractivity contribution in [3.8, 4) is 0 Å². The van der Waals surface area contributed by atoms with Gasteiger partial charge in [-0.15, -0.1) is 0 Å². The number of carbonyl (C=O) groups is 3. The molecule has 8 nitrogen and oxygen atoms in total. The molecule has 4 aliphatic rings. The quantitative estimate of drug-likeness (QED) is 0.437. The van der Waals surface area contributed by atoms with Crippen LogP contribution in [0, 0.1) is 24.7 Å². The molecule has 210 valence electrons. The summed E-state index contributed by atoms with van der Waals surface area (Å²) in [5.41, 5.74) is -1.20. The number of benzene rings is 1. The van der Waals surface area contributed by atoms with Crippen molar-refractivity contribution >= 4 is 35.1 Å². The minimum Gasteiger partial charge on any atom is -0.465 e. The summed E-state index contributed by atoms with van der Waals surface area (Å²) in [5.74, 6) is -3.04. The van der Waals surface area contributed by atoms with Crippen molar-refractivity contribution in [1.29, 1.82) is 0 Å². The number of aryl methyl sites for hydroxylation is 1. The van der Waals surface area contributed by atoms with Crippen molar-refractivity contribution in [2.75, 3.05) is 24.7 Å². The van der Waals surface area contributed by atoms with Gasteiger partial charge in [-0.05, 0) is 50.7 Å². The summed E-state index contributed by atoms with van der Waals surface area (Å²) in [6.07, 6.45) is 9.29. The standard InChI is InChI=1S/C30H37ClN2O6/c1-18(2)16-20(17-34)33-25-27(36)32(24-19(3)10-8-11-21(24)31)14-9-13-30(25)22(26(33)35)23-28(37)38-15-7-5-6-12-29(23,4)39-30/h6,8-13,18,20,22-23,25,34H,5,7,14-17H2,1-4H3/b12-6-/t20-,22+,23-,25?,29+,30+/m1/s1.